The van der Waals surface area contributed by atoms with Crippen molar-refractivity contribution in [3.05, 3.63) is 63.4 Å². The van der Waals surface area contributed by atoms with Gasteiger partial charge in [0.05, 0.1) is 11.7 Å². The SMILES string of the molecule is Cc1cnc(C(N)Cc2cccc(Br)c2)c(C)c1. The number of aromatic nitrogens is 1. The Morgan fingerprint density at radius 1 is 1.28 bits per heavy atom. The van der Waals surface area contributed by atoms with E-state index >= 15 is 0 Å². The van der Waals surface area contributed by atoms with Crippen molar-refractivity contribution in [3.63, 3.8) is 0 Å². The highest BCUT2D eigenvalue weighted by molar-refractivity contribution is 9.10. The maximum absolute atomic E-state index is 6.25. The Balaban J connectivity index is 2.19. The van der Waals surface area contributed by atoms with Gasteiger partial charge in [0.15, 0.2) is 0 Å². The number of hydrogen-bond donors (Lipinski definition) is 1. The molecular weight excluding hydrogens is 288 g/mol. The molecule has 2 rings (SSSR count). The number of aryl methyl sites for hydroxylation is 2. The molecule has 18 heavy (non-hydrogen) atoms. The van der Waals surface area contributed by atoms with Gasteiger partial charge in [0.1, 0.15) is 0 Å². The summed E-state index contributed by atoms with van der Waals surface area (Å²) in [7, 11) is 0. The summed E-state index contributed by atoms with van der Waals surface area (Å²) in [6, 6.07) is 10.3. The van der Waals surface area contributed by atoms with Gasteiger partial charge in [-0.2, -0.15) is 0 Å². The summed E-state index contributed by atoms with van der Waals surface area (Å²) in [5.74, 6) is 0. The van der Waals surface area contributed by atoms with Crippen LogP contribution < -0.4 is 5.73 Å². The first kappa shape index (κ1) is 13.2. The van der Waals surface area contributed by atoms with E-state index in [9.17, 15) is 0 Å². The lowest BCUT2D eigenvalue weighted by molar-refractivity contribution is 0.689. The number of benzene rings is 1. The van der Waals surface area contributed by atoms with Crippen LogP contribution in [-0.2, 0) is 6.42 Å². The average Bonchev–Trinajstić information content (AvgIpc) is 2.28. The molecule has 2 N–H and O–H groups in total. The van der Waals surface area contributed by atoms with Crippen molar-refractivity contribution in [2.24, 2.45) is 5.73 Å². The minimum Gasteiger partial charge on any atom is -0.322 e. The predicted molar refractivity (Wildman–Crippen MR) is 78.5 cm³/mol. The minimum atomic E-state index is -0.0556. The van der Waals surface area contributed by atoms with E-state index < -0.39 is 0 Å². The topological polar surface area (TPSA) is 38.9 Å². The second-order valence-electron chi connectivity index (χ2n) is 4.66. The Hall–Kier alpha value is -1.19. The van der Waals surface area contributed by atoms with Gasteiger partial charge < -0.3 is 5.73 Å². The first-order valence-corrected chi connectivity index (χ1v) is 6.78. The van der Waals surface area contributed by atoms with Crippen LogP contribution in [0.2, 0.25) is 0 Å². The number of rotatable bonds is 3. The first-order chi connectivity index (χ1) is 8.56. The normalized spacial score (nSPS) is 12.4. The molecule has 1 aromatic carbocycles. The summed E-state index contributed by atoms with van der Waals surface area (Å²) in [6.07, 6.45) is 2.68. The third kappa shape index (κ3) is 3.18. The quantitative estimate of drug-likeness (QED) is 0.939. The van der Waals surface area contributed by atoms with Crippen molar-refractivity contribution in [1.82, 2.24) is 4.98 Å². The van der Waals surface area contributed by atoms with Crippen LogP contribution in [0.25, 0.3) is 0 Å². The molecule has 2 nitrogen and oxygen atoms in total. The second kappa shape index (κ2) is 5.63. The van der Waals surface area contributed by atoms with Crippen molar-refractivity contribution < 1.29 is 0 Å². The van der Waals surface area contributed by atoms with E-state index in [2.05, 4.69) is 46.0 Å². The maximum atomic E-state index is 6.25. The van der Waals surface area contributed by atoms with E-state index in [0.29, 0.717) is 0 Å². The van der Waals surface area contributed by atoms with E-state index in [0.717, 1.165) is 22.2 Å². The van der Waals surface area contributed by atoms with Crippen molar-refractivity contribution in [2.75, 3.05) is 0 Å². The number of pyridine rings is 1. The molecule has 0 bridgehead atoms. The van der Waals surface area contributed by atoms with E-state index in [4.69, 9.17) is 5.73 Å². The highest BCUT2D eigenvalue weighted by atomic mass is 79.9. The fraction of sp³-hybridized carbons (Fsp3) is 0.267. The van der Waals surface area contributed by atoms with Gasteiger partial charge in [0, 0.05) is 10.7 Å². The fourth-order valence-electron chi connectivity index (χ4n) is 2.13. The monoisotopic (exact) mass is 304 g/mol. The highest BCUT2D eigenvalue weighted by Gasteiger charge is 2.11. The molecule has 0 aliphatic carbocycles. The molecule has 2 aromatic rings. The first-order valence-electron chi connectivity index (χ1n) is 5.99. The van der Waals surface area contributed by atoms with Gasteiger partial charge in [0.25, 0.3) is 0 Å². The molecule has 0 fully saturated rings. The zero-order chi connectivity index (χ0) is 13.1. The summed E-state index contributed by atoms with van der Waals surface area (Å²) < 4.78 is 1.08. The second-order valence-corrected chi connectivity index (χ2v) is 5.57. The Morgan fingerprint density at radius 2 is 2.06 bits per heavy atom. The number of nitrogens with two attached hydrogens (primary N) is 1. The van der Waals surface area contributed by atoms with Crippen LogP contribution in [0.3, 0.4) is 0 Å². The lowest BCUT2D eigenvalue weighted by Crippen LogP contribution is -2.16. The molecule has 0 spiro atoms. The molecule has 0 saturated heterocycles. The van der Waals surface area contributed by atoms with E-state index in [1.807, 2.05) is 25.3 Å². The van der Waals surface area contributed by atoms with Gasteiger partial charge in [-0.15, -0.1) is 0 Å². The van der Waals surface area contributed by atoms with E-state index in [1.165, 1.54) is 11.1 Å². The highest BCUT2D eigenvalue weighted by Crippen LogP contribution is 2.20. The average molecular weight is 305 g/mol. The molecule has 1 heterocycles. The number of hydrogen-bond acceptors (Lipinski definition) is 2. The largest absolute Gasteiger partial charge is 0.322 e. The lowest BCUT2D eigenvalue weighted by Gasteiger charge is -2.14. The van der Waals surface area contributed by atoms with Crippen LogP contribution in [0.4, 0.5) is 0 Å². The van der Waals surface area contributed by atoms with E-state index in [1.54, 1.807) is 0 Å². The Kier molecular flexibility index (Phi) is 4.15. The Labute approximate surface area is 116 Å². The third-order valence-electron chi connectivity index (χ3n) is 2.95. The molecular formula is C15H17BrN2. The van der Waals surface area contributed by atoms with Gasteiger partial charge in [-0.1, -0.05) is 34.1 Å². The van der Waals surface area contributed by atoms with Gasteiger partial charge >= 0.3 is 0 Å². The smallest absolute Gasteiger partial charge is 0.0603 e. The molecule has 3 heteroatoms. The molecule has 1 unspecified atom stereocenters. The van der Waals surface area contributed by atoms with Crippen LogP contribution in [0.5, 0.6) is 0 Å². The van der Waals surface area contributed by atoms with Crippen molar-refractivity contribution in [1.29, 1.82) is 0 Å². The number of nitrogens with zero attached hydrogens (tertiary/aromatic N) is 1. The van der Waals surface area contributed by atoms with Gasteiger partial charge in [-0.25, -0.2) is 0 Å². The zero-order valence-corrected chi connectivity index (χ0v) is 12.2. The fourth-order valence-corrected chi connectivity index (χ4v) is 2.58. The van der Waals surface area contributed by atoms with Crippen molar-refractivity contribution in [3.8, 4) is 0 Å². The van der Waals surface area contributed by atoms with Gasteiger partial charge in [-0.05, 0) is 49.1 Å². The molecule has 1 atom stereocenters. The maximum Gasteiger partial charge on any atom is 0.0603 e. The van der Waals surface area contributed by atoms with E-state index in [-0.39, 0.29) is 6.04 Å². The lowest BCUT2D eigenvalue weighted by atomic mass is 10.0. The summed E-state index contributed by atoms with van der Waals surface area (Å²) in [6.45, 7) is 4.11. The van der Waals surface area contributed by atoms with Crippen molar-refractivity contribution >= 4 is 15.9 Å². The van der Waals surface area contributed by atoms with Gasteiger partial charge in [0.2, 0.25) is 0 Å². The van der Waals surface area contributed by atoms with Crippen LogP contribution in [0.15, 0.2) is 41.0 Å². The van der Waals surface area contributed by atoms with Crippen LogP contribution in [0, 0.1) is 13.8 Å². The summed E-state index contributed by atoms with van der Waals surface area (Å²) >= 11 is 3.48. The molecule has 1 aromatic heterocycles. The van der Waals surface area contributed by atoms with Crippen LogP contribution >= 0.6 is 15.9 Å². The standard InChI is InChI=1S/C15H17BrN2/c1-10-6-11(2)15(18-9-10)14(17)8-12-4-3-5-13(16)7-12/h3-7,9,14H,8,17H2,1-2H3. The molecule has 0 aliphatic heterocycles. The summed E-state index contributed by atoms with van der Waals surface area (Å²) in [5, 5.41) is 0. The Bertz CT molecular complexity index is 552. The Morgan fingerprint density at radius 3 is 2.72 bits per heavy atom. The summed E-state index contributed by atoms with van der Waals surface area (Å²) in [4.78, 5) is 4.46. The predicted octanol–water partition coefficient (Wildman–Crippen LogP) is 3.70. The van der Waals surface area contributed by atoms with Crippen LogP contribution in [0.1, 0.15) is 28.4 Å². The zero-order valence-electron chi connectivity index (χ0n) is 10.7. The van der Waals surface area contributed by atoms with Crippen LogP contribution in [-0.4, -0.2) is 4.98 Å². The summed E-state index contributed by atoms with van der Waals surface area (Å²) in [5.41, 5.74) is 10.8. The molecule has 0 saturated carbocycles. The molecule has 0 amide bonds. The third-order valence-corrected chi connectivity index (χ3v) is 3.44. The molecule has 0 aliphatic rings. The number of halogens is 1. The van der Waals surface area contributed by atoms with Gasteiger partial charge in [-0.3, -0.25) is 4.98 Å². The van der Waals surface area contributed by atoms with Crippen molar-refractivity contribution in [2.45, 2.75) is 26.3 Å². The molecule has 94 valence electrons. The molecule has 0 radical (unpaired) electrons. The minimum absolute atomic E-state index is 0.0556.